The Bertz CT molecular complexity index is 1780. The number of nitrogens with zero attached hydrogens (tertiary/aromatic N) is 2. The number of carbonyl (C=O) groups is 1. The minimum atomic E-state index is -4.90. The van der Waals surface area contributed by atoms with Gasteiger partial charge in [0.1, 0.15) is 5.75 Å². The van der Waals surface area contributed by atoms with E-state index in [2.05, 4.69) is 10.3 Å². The summed E-state index contributed by atoms with van der Waals surface area (Å²) in [6, 6.07) is 9.85. The van der Waals surface area contributed by atoms with Gasteiger partial charge in [0.05, 0.1) is 41.2 Å². The highest BCUT2D eigenvalue weighted by Crippen LogP contribution is 2.62. The van der Waals surface area contributed by atoms with Gasteiger partial charge in [-0.15, -0.1) is 0 Å². The number of rotatable bonds is 6. The highest BCUT2D eigenvalue weighted by Gasteiger charge is 2.65. The van der Waals surface area contributed by atoms with Crippen LogP contribution in [-0.4, -0.2) is 49.3 Å². The molecule has 3 aromatic rings. The molecule has 1 aromatic heterocycles. The van der Waals surface area contributed by atoms with E-state index in [0.29, 0.717) is 30.7 Å². The third-order valence-corrected chi connectivity index (χ3v) is 11.1. The van der Waals surface area contributed by atoms with Crippen LogP contribution in [0, 0.1) is 5.92 Å². The molecule has 1 atom stereocenters. The average Bonchev–Trinajstić information content (AvgIpc) is 3.80. The van der Waals surface area contributed by atoms with E-state index in [1.165, 1.54) is 47.8 Å². The SMILES string of the molecule is COc1cccc(S(=O)(=O)N2c3ccc(C(=O)Nc4cncc(C(F)(F)F)c4)cc3C3(CCC(O)(C(F)(F)F)CC3)C2C2CC2)c1. The first-order chi connectivity index (χ1) is 21.5. The Morgan fingerprint density at radius 1 is 1.00 bits per heavy atom. The molecule has 2 aliphatic carbocycles. The number of aliphatic hydroxyl groups is 1. The topological polar surface area (TPSA) is 109 Å². The number of halogens is 6. The third-order valence-electron chi connectivity index (χ3n) is 9.34. The molecular weight excluding hydrogens is 640 g/mol. The zero-order chi connectivity index (χ0) is 33.3. The maximum absolute atomic E-state index is 14.4. The van der Waals surface area contributed by atoms with Crippen molar-refractivity contribution >= 4 is 27.3 Å². The molecule has 6 rings (SSSR count). The monoisotopic (exact) mass is 669 g/mol. The average molecular weight is 670 g/mol. The normalized spacial score (nSPS) is 25.0. The van der Waals surface area contributed by atoms with E-state index in [0.717, 1.165) is 6.20 Å². The molecule has 246 valence electrons. The first kappa shape index (κ1) is 32.1. The number of sulfonamides is 1. The van der Waals surface area contributed by atoms with Gasteiger partial charge in [-0.1, -0.05) is 6.07 Å². The lowest BCUT2D eigenvalue weighted by Gasteiger charge is -2.47. The summed E-state index contributed by atoms with van der Waals surface area (Å²) in [5.41, 5.74) is -4.98. The fourth-order valence-corrected chi connectivity index (χ4v) is 8.67. The van der Waals surface area contributed by atoms with Crippen molar-refractivity contribution in [1.29, 1.82) is 0 Å². The van der Waals surface area contributed by atoms with Crippen LogP contribution in [0.2, 0.25) is 0 Å². The van der Waals surface area contributed by atoms with Crippen molar-refractivity contribution in [3.05, 3.63) is 77.6 Å². The molecule has 2 N–H and O–H groups in total. The van der Waals surface area contributed by atoms with Gasteiger partial charge < -0.3 is 15.2 Å². The van der Waals surface area contributed by atoms with E-state index in [-0.39, 0.29) is 46.3 Å². The zero-order valence-electron chi connectivity index (χ0n) is 24.3. The number of amides is 1. The second-order valence-electron chi connectivity index (χ2n) is 12.1. The summed E-state index contributed by atoms with van der Waals surface area (Å²) in [5.74, 6) is -0.737. The number of ether oxygens (including phenoxy) is 1. The lowest BCUT2D eigenvalue weighted by molar-refractivity contribution is -0.273. The van der Waals surface area contributed by atoms with Crippen LogP contribution in [0.5, 0.6) is 5.75 Å². The molecule has 2 saturated carbocycles. The summed E-state index contributed by atoms with van der Waals surface area (Å²) in [4.78, 5) is 16.8. The number of anilines is 2. The molecule has 1 amide bonds. The number of nitrogens with one attached hydrogen (secondary N) is 1. The highest BCUT2D eigenvalue weighted by molar-refractivity contribution is 7.93. The number of pyridine rings is 1. The Hall–Kier alpha value is -3.85. The molecule has 2 heterocycles. The van der Waals surface area contributed by atoms with Crippen LogP contribution in [-0.2, 0) is 21.6 Å². The number of hydrogen-bond acceptors (Lipinski definition) is 6. The van der Waals surface area contributed by atoms with Gasteiger partial charge in [-0.25, -0.2) is 8.42 Å². The van der Waals surface area contributed by atoms with Crippen LogP contribution in [0.1, 0.15) is 60.0 Å². The highest BCUT2D eigenvalue weighted by atomic mass is 32.2. The predicted molar refractivity (Wildman–Crippen MR) is 154 cm³/mol. The smallest absolute Gasteiger partial charge is 0.417 e. The van der Waals surface area contributed by atoms with Crippen LogP contribution < -0.4 is 14.4 Å². The van der Waals surface area contributed by atoms with Crippen molar-refractivity contribution in [3.8, 4) is 5.75 Å². The molecule has 3 aliphatic rings. The fourth-order valence-electron chi connectivity index (χ4n) is 6.84. The van der Waals surface area contributed by atoms with Crippen LogP contribution in [0.15, 0.2) is 65.8 Å². The van der Waals surface area contributed by atoms with Crippen molar-refractivity contribution < 1.29 is 49.4 Å². The van der Waals surface area contributed by atoms with E-state index in [1.54, 1.807) is 6.07 Å². The van der Waals surface area contributed by atoms with Crippen molar-refractivity contribution in [2.45, 2.75) is 72.8 Å². The number of aromatic nitrogens is 1. The van der Waals surface area contributed by atoms with E-state index in [9.17, 15) is 44.7 Å². The standard InChI is InChI=1S/C31H29F6N3O5S/c1-45-22-3-2-4-23(15-22)46(43,44)40-25-8-7-19(27(41)39-21-14-20(16-38-17-21)30(32,33)34)13-24(25)28(26(40)18-5-6-18)9-11-29(42,12-10-28)31(35,36)37/h2-4,7-8,13-18,26,42H,5-6,9-12H2,1H3,(H,39,41). The number of carbonyl (C=O) groups excluding carboxylic acids is 1. The lowest BCUT2D eigenvalue weighted by Crippen LogP contribution is -2.56. The summed E-state index contributed by atoms with van der Waals surface area (Å²) in [5, 5.41) is 12.9. The van der Waals surface area contributed by atoms with E-state index in [4.69, 9.17) is 4.74 Å². The molecule has 15 heteroatoms. The van der Waals surface area contributed by atoms with Crippen LogP contribution in [0.25, 0.3) is 0 Å². The molecule has 2 aromatic carbocycles. The third kappa shape index (κ3) is 5.36. The summed E-state index contributed by atoms with van der Waals surface area (Å²) >= 11 is 0. The number of benzene rings is 2. The van der Waals surface area contributed by atoms with Gasteiger partial charge >= 0.3 is 12.4 Å². The van der Waals surface area contributed by atoms with Gasteiger partial charge in [0.15, 0.2) is 5.60 Å². The predicted octanol–water partition coefficient (Wildman–Crippen LogP) is 6.45. The molecule has 1 aliphatic heterocycles. The minimum absolute atomic E-state index is 0.0395. The molecule has 1 spiro atoms. The maximum Gasteiger partial charge on any atom is 0.417 e. The Morgan fingerprint density at radius 2 is 1.70 bits per heavy atom. The number of fused-ring (bicyclic) bond motifs is 2. The lowest BCUT2D eigenvalue weighted by atomic mass is 9.61. The number of hydrogen-bond donors (Lipinski definition) is 2. The molecule has 46 heavy (non-hydrogen) atoms. The summed E-state index contributed by atoms with van der Waals surface area (Å²) in [6.45, 7) is 0. The summed E-state index contributed by atoms with van der Waals surface area (Å²) in [6.07, 6.45) is -8.51. The number of alkyl halides is 6. The molecule has 0 bridgehead atoms. The molecule has 0 saturated heterocycles. The Kier molecular flexibility index (Phi) is 7.58. The second-order valence-corrected chi connectivity index (χ2v) is 13.9. The van der Waals surface area contributed by atoms with Crippen molar-refractivity contribution in [3.63, 3.8) is 0 Å². The minimum Gasteiger partial charge on any atom is -0.497 e. The van der Waals surface area contributed by atoms with Crippen molar-refractivity contribution in [1.82, 2.24) is 4.98 Å². The van der Waals surface area contributed by atoms with Crippen LogP contribution in [0.3, 0.4) is 0 Å². The Balaban J connectivity index is 1.45. The first-order valence-corrected chi connectivity index (χ1v) is 15.9. The zero-order valence-corrected chi connectivity index (χ0v) is 25.1. The fraction of sp³-hybridized carbons (Fsp3) is 0.419. The van der Waals surface area contributed by atoms with E-state index in [1.807, 2.05) is 0 Å². The molecule has 8 nitrogen and oxygen atoms in total. The summed E-state index contributed by atoms with van der Waals surface area (Å²) in [7, 11) is -2.94. The second kappa shape index (κ2) is 10.9. The Morgan fingerprint density at radius 3 is 2.30 bits per heavy atom. The van der Waals surface area contributed by atoms with Crippen LogP contribution in [0.4, 0.5) is 37.7 Å². The van der Waals surface area contributed by atoms with Crippen molar-refractivity contribution in [2.75, 3.05) is 16.7 Å². The van der Waals surface area contributed by atoms with Gasteiger partial charge in [0, 0.05) is 23.2 Å². The van der Waals surface area contributed by atoms with Gasteiger partial charge in [-0.3, -0.25) is 14.1 Å². The molecule has 1 unspecified atom stereocenters. The first-order valence-electron chi connectivity index (χ1n) is 14.5. The van der Waals surface area contributed by atoms with Crippen molar-refractivity contribution in [2.24, 2.45) is 5.92 Å². The van der Waals surface area contributed by atoms with E-state index < -0.39 is 63.7 Å². The molecule has 0 radical (unpaired) electrons. The Labute approximate surface area is 260 Å². The van der Waals surface area contributed by atoms with Crippen LogP contribution >= 0.6 is 0 Å². The maximum atomic E-state index is 14.4. The summed E-state index contributed by atoms with van der Waals surface area (Å²) < 4.78 is 117. The van der Waals surface area contributed by atoms with Gasteiger partial charge in [0.2, 0.25) is 0 Å². The molecular formula is C31H29F6N3O5S. The van der Waals surface area contributed by atoms with E-state index >= 15 is 0 Å². The number of methoxy groups -OCH3 is 1. The van der Waals surface area contributed by atoms with Gasteiger partial charge in [-0.05, 0) is 86.4 Å². The van der Waals surface area contributed by atoms with Gasteiger partial charge in [0.25, 0.3) is 15.9 Å². The molecule has 2 fully saturated rings. The van der Waals surface area contributed by atoms with Gasteiger partial charge in [-0.2, -0.15) is 26.3 Å². The quantitative estimate of drug-likeness (QED) is 0.292. The largest absolute Gasteiger partial charge is 0.497 e.